The van der Waals surface area contributed by atoms with Crippen molar-refractivity contribution >= 4 is 15.9 Å². The van der Waals surface area contributed by atoms with Crippen molar-refractivity contribution in [2.24, 2.45) is 5.92 Å². The van der Waals surface area contributed by atoms with Gasteiger partial charge in [0.1, 0.15) is 0 Å². The van der Waals surface area contributed by atoms with Crippen LogP contribution in [0.2, 0.25) is 0 Å². The maximum absolute atomic E-state index is 10.0. The standard InChI is InChI=1S/C12H15BrO/c1-8-10(3-2-4-11(8)13)12(14)7-9-5-6-9/h2-4,9,12,14H,5-7H2,1H3. The molecule has 0 heterocycles. The van der Waals surface area contributed by atoms with Crippen molar-refractivity contribution in [2.75, 3.05) is 0 Å². The molecule has 1 unspecified atom stereocenters. The molecule has 1 aromatic carbocycles. The quantitative estimate of drug-likeness (QED) is 0.875. The number of aliphatic hydroxyl groups excluding tert-OH is 1. The summed E-state index contributed by atoms with van der Waals surface area (Å²) in [6.45, 7) is 2.05. The van der Waals surface area contributed by atoms with Crippen LogP contribution in [0.3, 0.4) is 0 Å². The first-order chi connectivity index (χ1) is 6.68. The Morgan fingerprint density at radius 2 is 2.21 bits per heavy atom. The van der Waals surface area contributed by atoms with Crippen molar-refractivity contribution in [3.8, 4) is 0 Å². The van der Waals surface area contributed by atoms with Crippen molar-refractivity contribution in [2.45, 2.75) is 32.3 Å². The maximum atomic E-state index is 10.0. The summed E-state index contributed by atoms with van der Waals surface area (Å²) >= 11 is 3.49. The molecule has 76 valence electrons. The minimum atomic E-state index is -0.278. The van der Waals surface area contributed by atoms with Gasteiger partial charge in [-0.3, -0.25) is 0 Å². The van der Waals surface area contributed by atoms with Crippen molar-refractivity contribution < 1.29 is 5.11 Å². The average molecular weight is 255 g/mol. The first-order valence-electron chi connectivity index (χ1n) is 5.11. The zero-order chi connectivity index (χ0) is 10.1. The number of halogens is 1. The van der Waals surface area contributed by atoms with Crippen LogP contribution in [0.5, 0.6) is 0 Å². The number of aliphatic hydroxyl groups is 1. The van der Waals surface area contributed by atoms with E-state index >= 15 is 0 Å². The van der Waals surface area contributed by atoms with Crippen LogP contribution in [0.25, 0.3) is 0 Å². The van der Waals surface area contributed by atoms with E-state index in [0.29, 0.717) is 0 Å². The molecule has 1 aromatic rings. The fourth-order valence-corrected chi connectivity index (χ4v) is 2.16. The summed E-state index contributed by atoms with van der Waals surface area (Å²) in [7, 11) is 0. The van der Waals surface area contributed by atoms with Crippen molar-refractivity contribution in [3.63, 3.8) is 0 Å². The molecule has 1 nitrogen and oxygen atoms in total. The molecular formula is C12H15BrO. The highest BCUT2D eigenvalue weighted by atomic mass is 79.9. The zero-order valence-corrected chi connectivity index (χ0v) is 9.92. The summed E-state index contributed by atoms with van der Waals surface area (Å²) in [5, 5.41) is 10.0. The lowest BCUT2D eigenvalue weighted by atomic mass is 9.99. The van der Waals surface area contributed by atoms with Crippen molar-refractivity contribution in [1.82, 2.24) is 0 Å². The van der Waals surface area contributed by atoms with E-state index in [1.807, 2.05) is 18.2 Å². The predicted octanol–water partition coefficient (Wildman–Crippen LogP) is 3.59. The van der Waals surface area contributed by atoms with E-state index in [2.05, 4.69) is 22.9 Å². The molecule has 2 heteroatoms. The van der Waals surface area contributed by atoms with Crippen LogP contribution < -0.4 is 0 Å². The monoisotopic (exact) mass is 254 g/mol. The molecule has 0 aliphatic heterocycles. The molecule has 1 fully saturated rings. The largest absolute Gasteiger partial charge is 0.388 e. The summed E-state index contributed by atoms with van der Waals surface area (Å²) in [5.41, 5.74) is 2.24. The molecule has 14 heavy (non-hydrogen) atoms. The highest BCUT2D eigenvalue weighted by molar-refractivity contribution is 9.10. The summed E-state index contributed by atoms with van der Waals surface area (Å²) in [5.74, 6) is 0.767. The molecule has 0 amide bonds. The Bertz CT molecular complexity index is 331. The molecule has 0 radical (unpaired) electrons. The molecule has 1 atom stereocenters. The smallest absolute Gasteiger partial charge is 0.0795 e. The van der Waals surface area contributed by atoms with Gasteiger partial charge in [0.05, 0.1) is 6.10 Å². The lowest BCUT2D eigenvalue weighted by molar-refractivity contribution is 0.159. The molecule has 0 bridgehead atoms. The van der Waals surface area contributed by atoms with Gasteiger partial charge in [0.2, 0.25) is 0 Å². The van der Waals surface area contributed by atoms with Gasteiger partial charge in [-0.1, -0.05) is 40.9 Å². The number of benzene rings is 1. The van der Waals surface area contributed by atoms with Gasteiger partial charge >= 0.3 is 0 Å². The van der Waals surface area contributed by atoms with Gasteiger partial charge in [0, 0.05) is 4.47 Å². The van der Waals surface area contributed by atoms with E-state index in [-0.39, 0.29) is 6.10 Å². The highest BCUT2D eigenvalue weighted by Gasteiger charge is 2.25. The van der Waals surface area contributed by atoms with Crippen LogP contribution in [-0.2, 0) is 0 Å². The summed E-state index contributed by atoms with van der Waals surface area (Å²) in [6, 6.07) is 6.03. The van der Waals surface area contributed by atoms with Crippen LogP contribution in [-0.4, -0.2) is 5.11 Å². The van der Waals surface area contributed by atoms with E-state index in [9.17, 15) is 5.11 Å². The van der Waals surface area contributed by atoms with Crippen molar-refractivity contribution in [1.29, 1.82) is 0 Å². The lowest BCUT2D eigenvalue weighted by Crippen LogP contribution is -2.01. The summed E-state index contributed by atoms with van der Waals surface area (Å²) < 4.78 is 1.09. The third-order valence-electron chi connectivity index (χ3n) is 2.92. The second-order valence-electron chi connectivity index (χ2n) is 4.15. The zero-order valence-electron chi connectivity index (χ0n) is 8.33. The topological polar surface area (TPSA) is 20.2 Å². The number of hydrogen-bond donors (Lipinski definition) is 1. The van der Waals surface area contributed by atoms with Crippen LogP contribution in [0.15, 0.2) is 22.7 Å². The maximum Gasteiger partial charge on any atom is 0.0795 e. The molecule has 1 saturated carbocycles. The average Bonchev–Trinajstić information content (AvgIpc) is 2.93. The van der Waals surface area contributed by atoms with Crippen LogP contribution in [0.4, 0.5) is 0 Å². The Balaban J connectivity index is 2.16. The van der Waals surface area contributed by atoms with Crippen LogP contribution >= 0.6 is 15.9 Å². The van der Waals surface area contributed by atoms with Gasteiger partial charge in [-0.2, -0.15) is 0 Å². The lowest BCUT2D eigenvalue weighted by Gasteiger charge is -2.14. The Morgan fingerprint density at radius 3 is 2.86 bits per heavy atom. The van der Waals surface area contributed by atoms with Gasteiger partial charge in [-0.15, -0.1) is 0 Å². The molecule has 0 aromatic heterocycles. The van der Waals surface area contributed by atoms with Gasteiger partial charge < -0.3 is 5.11 Å². The Morgan fingerprint density at radius 1 is 1.50 bits per heavy atom. The third-order valence-corrected chi connectivity index (χ3v) is 3.78. The van der Waals surface area contributed by atoms with E-state index in [0.717, 1.165) is 22.4 Å². The summed E-state index contributed by atoms with van der Waals surface area (Å²) in [4.78, 5) is 0. The minimum Gasteiger partial charge on any atom is -0.388 e. The van der Waals surface area contributed by atoms with E-state index in [1.54, 1.807) is 0 Å². The molecule has 1 aliphatic carbocycles. The van der Waals surface area contributed by atoms with Gasteiger partial charge in [0.25, 0.3) is 0 Å². The number of hydrogen-bond acceptors (Lipinski definition) is 1. The Kier molecular flexibility index (Phi) is 2.93. The van der Waals surface area contributed by atoms with Gasteiger partial charge in [-0.05, 0) is 36.5 Å². The van der Waals surface area contributed by atoms with E-state index < -0.39 is 0 Å². The van der Waals surface area contributed by atoms with E-state index in [1.165, 1.54) is 18.4 Å². The minimum absolute atomic E-state index is 0.278. The highest BCUT2D eigenvalue weighted by Crippen LogP contribution is 2.38. The normalized spacial score (nSPS) is 18.2. The fraction of sp³-hybridized carbons (Fsp3) is 0.500. The predicted molar refractivity (Wildman–Crippen MR) is 61.2 cm³/mol. The molecule has 2 rings (SSSR count). The van der Waals surface area contributed by atoms with Crippen LogP contribution in [0.1, 0.15) is 36.5 Å². The SMILES string of the molecule is Cc1c(Br)cccc1C(O)CC1CC1. The first-order valence-corrected chi connectivity index (χ1v) is 5.91. The second-order valence-corrected chi connectivity index (χ2v) is 5.00. The fourth-order valence-electron chi connectivity index (χ4n) is 1.78. The molecule has 0 spiro atoms. The van der Waals surface area contributed by atoms with Crippen LogP contribution in [0, 0.1) is 12.8 Å². The molecule has 1 aliphatic rings. The second kappa shape index (κ2) is 4.03. The van der Waals surface area contributed by atoms with Crippen molar-refractivity contribution in [3.05, 3.63) is 33.8 Å². The molecule has 0 saturated heterocycles. The molecule has 1 N–H and O–H groups in total. The Hall–Kier alpha value is -0.340. The molecular weight excluding hydrogens is 240 g/mol. The third kappa shape index (κ3) is 2.18. The first kappa shape index (κ1) is 10.2. The van der Waals surface area contributed by atoms with Gasteiger partial charge in [-0.25, -0.2) is 0 Å². The Labute approximate surface area is 93.3 Å². The number of rotatable bonds is 3. The van der Waals surface area contributed by atoms with E-state index in [4.69, 9.17) is 0 Å². The van der Waals surface area contributed by atoms with Gasteiger partial charge in [0.15, 0.2) is 0 Å². The summed E-state index contributed by atoms with van der Waals surface area (Å²) in [6.07, 6.45) is 3.24.